The Morgan fingerprint density at radius 2 is 1.80 bits per heavy atom. The van der Waals surface area contributed by atoms with Crippen LogP contribution in [0.4, 0.5) is 10.5 Å². The second kappa shape index (κ2) is 10.9. The Balaban J connectivity index is 0.00000312. The highest BCUT2D eigenvalue weighted by atomic mass is 35.5. The van der Waals surface area contributed by atoms with Gasteiger partial charge in [0.25, 0.3) is 5.91 Å². The first-order valence-electron chi connectivity index (χ1n) is 8.43. The quantitative estimate of drug-likeness (QED) is 0.608. The number of benzene rings is 1. The maximum Gasteiger partial charge on any atom is 0.319 e. The van der Waals surface area contributed by atoms with Gasteiger partial charge in [-0.2, -0.15) is 0 Å². The third kappa shape index (κ3) is 7.72. The summed E-state index contributed by atoms with van der Waals surface area (Å²) in [5, 5.41) is 11.7. The molecule has 0 spiro atoms. The maximum absolute atomic E-state index is 12.1. The number of hydrogen-bond acceptors (Lipinski definition) is 4. The fourth-order valence-electron chi connectivity index (χ4n) is 2.50. The van der Waals surface area contributed by atoms with Crippen molar-refractivity contribution in [3.63, 3.8) is 0 Å². The van der Waals surface area contributed by atoms with Gasteiger partial charge in [-0.15, -0.1) is 12.4 Å². The number of nitrogens with zero attached hydrogens (tertiary/aromatic N) is 1. The first-order chi connectivity index (χ1) is 11.5. The number of anilines is 1. The van der Waals surface area contributed by atoms with Crippen molar-refractivity contribution in [1.29, 1.82) is 0 Å². The highest BCUT2D eigenvalue weighted by Gasteiger charge is 2.10. The molecule has 140 valence electrons. The van der Waals surface area contributed by atoms with Crippen molar-refractivity contribution >= 4 is 30.0 Å². The maximum atomic E-state index is 12.1. The molecule has 1 aromatic carbocycles. The van der Waals surface area contributed by atoms with Gasteiger partial charge < -0.3 is 21.3 Å². The van der Waals surface area contributed by atoms with E-state index in [1.54, 1.807) is 24.3 Å². The molecule has 2 rings (SSSR count). The summed E-state index contributed by atoms with van der Waals surface area (Å²) in [4.78, 5) is 26.1. The molecule has 25 heavy (non-hydrogen) atoms. The predicted octanol–water partition coefficient (Wildman–Crippen LogP) is 1.27. The smallest absolute Gasteiger partial charge is 0.319 e. The minimum Gasteiger partial charge on any atom is -0.351 e. The molecule has 3 amide bonds. The van der Waals surface area contributed by atoms with Gasteiger partial charge in [-0.25, -0.2) is 4.79 Å². The zero-order chi connectivity index (χ0) is 17.4. The summed E-state index contributed by atoms with van der Waals surface area (Å²) in [6.07, 6.45) is 0. The van der Waals surface area contributed by atoms with Crippen LogP contribution in [-0.4, -0.2) is 62.1 Å². The average Bonchev–Trinajstić information content (AvgIpc) is 2.55. The standard InChI is InChI=1S/C17H27N5O2.ClH/c1-13(2)20-17(24)21-15-5-3-14(4-6-15)16(23)19-9-12-22-10-7-18-8-11-22;/h3-6,13,18H,7-12H2,1-2H3,(H,19,23)(H2,20,21,24);1H. The molecule has 1 heterocycles. The summed E-state index contributed by atoms with van der Waals surface area (Å²) in [5.74, 6) is -0.0942. The fraction of sp³-hybridized carbons (Fsp3) is 0.529. The molecule has 7 nitrogen and oxygen atoms in total. The topological polar surface area (TPSA) is 85.5 Å². The largest absolute Gasteiger partial charge is 0.351 e. The van der Waals surface area contributed by atoms with E-state index in [9.17, 15) is 9.59 Å². The first-order valence-corrected chi connectivity index (χ1v) is 8.43. The van der Waals surface area contributed by atoms with Crippen LogP contribution in [0.2, 0.25) is 0 Å². The minimum absolute atomic E-state index is 0. The van der Waals surface area contributed by atoms with E-state index in [2.05, 4.69) is 26.2 Å². The Kier molecular flexibility index (Phi) is 9.26. The molecule has 0 unspecified atom stereocenters. The minimum atomic E-state index is -0.252. The van der Waals surface area contributed by atoms with Gasteiger partial charge in [0.2, 0.25) is 0 Å². The summed E-state index contributed by atoms with van der Waals surface area (Å²) in [5.41, 5.74) is 1.25. The number of carbonyl (C=O) groups excluding carboxylic acids is 2. The van der Waals surface area contributed by atoms with Gasteiger partial charge in [-0.05, 0) is 38.1 Å². The van der Waals surface area contributed by atoms with E-state index in [0.29, 0.717) is 17.8 Å². The van der Waals surface area contributed by atoms with Crippen LogP contribution >= 0.6 is 12.4 Å². The molecule has 8 heteroatoms. The molecule has 4 N–H and O–H groups in total. The summed E-state index contributed by atoms with van der Waals surface area (Å²) in [6, 6.07) is 6.70. The van der Waals surface area contributed by atoms with Crippen LogP contribution in [-0.2, 0) is 0 Å². The van der Waals surface area contributed by atoms with Crippen LogP contribution in [0, 0.1) is 0 Å². The van der Waals surface area contributed by atoms with E-state index >= 15 is 0 Å². The molecule has 0 aromatic heterocycles. The lowest BCUT2D eigenvalue weighted by molar-refractivity contribution is 0.0947. The number of urea groups is 1. The Hall–Kier alpha value is -1.83. The van der Waals surface area contributed by atoms with Gasteiger partial charge in [0.1, 0.15) is 0 Å². The number of piperazine rings is 1. The summed E-state index contributed by atoms with van der Waals surface area (Å²) in [6.45, 7) is 9.35. The number of carbonyl (C=O) groups is 2. The normalized spacial score (nSPS) is 14.5. The second-order valence-electron chi connectivity index (χ2n) is 6.18. The van der Waals surface area contributed by atoms with Gasteiger partial charge >= 0.3 is 6.03 Å². The van der Waals surface area contributed by atoms with Crippen molar-refractivity contribution in [2.24, 2.45) is 0 Å². The third-order valence-electron chi connectivity index (χ3n) is 3.75. The monoisotopic (exact) mass is 369 g/mol. The van der Waals surface area contributed by atoms with Crippen molar-refractivity contribution < 1.29 is 9.59 Å². The molecule has 0 atom stereocenters. The Morgan fingerprint density at radius 1 is 1.16 bits per heavy atom. The van der Waals surface area contributed by atoms with Crippen LogP contribution in [0.25, 0.3) is 0 Å². The van der Waals surface area contributed by atoms with E-state index in [4.69, 9.17) is 0 Å². The Labute approximate surface area is 155 Å². The highest BCUT2D eigenvalue weighted by Crippen LogP contribution is 2.09. The summed E-state index contributed by atoms with van der Waals surface area (Å²) < 4.78 is 0. The molecule has 0 aliphatic carbocycles. The average molecular weight is 370 g/mol. The lowest BCUT2D eigenvalue weighted by Crippen LogP contribution is -2.46. The van der Waals surface area contributed by atoms with Crippen LogP contribution in [0.15, 0.2) is 24.3 Å². The lowest BCUT2D eigenvalue weighted by atomic mass is 10.2. The van der Waals surface area contributed by atoms with Crippen molar-refractivity contribution in [2.75, 3.05) is 44.6 Å². The molecule has 0 radical (unpaired) electrons. The van der Waals surface area contributed by atoms with E-state index in [1.165, 1.54) is 0 Å². The van der Waals surface area contributed by atoms with Gasteiger partial charge in [0.15, 0.2) is 0 Å². The van der Waals surface area contributed by atoms with E-state index in [1.807, 2.05) is 13.8 Å². The molecule has 1 saturated heterocycles. The second-order valence-corrected chi connectivity index (χ2v) is 6.18. The van der Waals surface area contributed by atoms with Crippen molar-refractivity contribution in [1.82, 2.24) is 20.9 Å². The molecular weight excluding hydrogens is 342 g/mol. The van der Waals surface area contributed by atoms with Crippen LogP contribution in [0.5, 0.6) is 0 Å². The zero-order valence-corrected chi connectivity index (χ0v) is 15.6. The lowest BCUT2D eigenvalue weighted by Gasteiger charge is -2.27. The van der Waals surface area contributed by atoms with Gasteiger partial charge in [-0.1, -0.05) is 0 Å². The van der Waals surface area contributed by atoms with Crippen LogP contribution < -0.4 is 21.3 Å². The number of hydrogen-bond donors (Lipinski definition) is 4. The zero-order valence-electron chi connectivity index (χ0n) is 14.8. The van der Waals surface area contributed by atoms with Crippen LogP contribution in [0.3, 0.4) is 0 Å². The molecule has 1 aliphatic heterocycles. The van der Waals surface area contributed by atoms with Gasteiger partial charge in [0.05, 0.1) is 0 Å². The molecule has 0 saturated carbocycles. The van der Waals surface area contributed by atoms with Crippen molar-refractivity contribution in [2.45, 2.75) is 19.9 Å². The summed E-state index contributed by atoms with van der Waals surface area (Å²) in [7, 11) is 0. The number of nitrogens with one attached hydrogen (secondary N) is 4. The van der Waals surface area contributed by atoms with E-state index in [0.717, 1.165) is 32.7 Å². The van der Waals surface area contributed by atoms with Gasteiger partial charge in [-0.3, -0.25) is 9.69 Å². The van der Waals surface area contributed by atoms with Gasteiger partial charge in [0, 0.05) is 56.6 Å². The molecular formula is C17H28ClN5O2. The van der Waals surface area contributed by atoms with E-state index in [-0.39, 0.29) is 30.4 Å². The number of rotatable bonds is 6. The third-order valence-corrected chi connectivity index (χ3v) is 3.75. The molecule has 1 fully saturated rings. The van der Waals surface area contributed by atoms with Crippen molar-refractivity contribution in [3.05, 3.63) is 29.8 Å². The molecule has 0 bridgehead atoms. The summed E-state index contributed by atoms with van der Waals surface area (Å²) >= 11 is 0. The Bertz CT molecular complexity index is 544. The Morgan fingerprint density at radius 3 is 2.40 bits per heavy atom. The molecule has 1 aromatic rings. The van der Waals surface area contributed by atoms with Crippen LogP contribution in [0.1, 0.15) is 24.2 Å². The number of amides is 3. The highest BCUT2D eigenvalue weighted by molar-refractivity contribution is 5.95. The molecule has 1 aliphatic rings. The number of halogens is 1. The van der Waals surface area contributed by atoms with E-state index < -0.39 is 0 Å². The SMILES string of the molecule is CC(C)NC(=O)Nc1ccc(C(=O)NCCN2CCNCC2)cc1.Cl. The van der Waals surface area contributed by atoms with Crippen molar-refractivity contribution in [3.8, 4) is 0 Å². The first kappa shape index (κ1) is 21.2. The predicted molar refractivity (Wildman–Crippen MR) is 103 cm³/mol. The fourth-order valence-corrected chi connectivity index (χ4v) is 2.50.